The largest absolute Gasteiger partial charge is 0.500 e. The number of hydrogen-bond acceptors (Lipinski definition) is 8. The maximum absolute atomic E-state index is 12.5. The van der Waals surface area contributed by atoms with E-state index in [-0.39, 0.29) is 16.9 Å². The molecule has 0 atom stereocenters. The number of fused-ring (bicyclic) bond motifs is 1. The molecule has 11 heteroatoms. The lowest BCUT2D eigenvalue weighted by Crippen LogP contribution is -2.42. The van der Waals surface area contributed by atoms with Crippen molar-refractivity contribution in [1.29, 1.82) is 0 Å². The molecular formula is C19H23N3O7Si. The maximum Gasteiger partial charge on any atom is 0.500 e. The van der Waals surface area contributed by atoms with Crippen LogP contribution in [0.1, 0.15) is 27.1 Å². The molecule has 0 saturated heterocycles. The standard InChI is InChI=1S/C19H23N3O7Si/c1-26-30(27-2,28-3)9-5-8-29-13-7-4-6-12(10-13)22-15(23)11-14-16(17(22)20)19(25)21-18(14)24/h4,6-7,10-11H,5,8-9,20H2,1-3H3,(H,21,24,25). The minimum atomic E-state index is -2.66. The first-order valence-electron chi connectivity index (χ1n) is 9.15. The number of nitrogens with one attached hydrogen (secondary N) is 1. The second-order valence-corrected chi connectivity index (χ2v) is 9.61. The molecule has 0 saturated carbocycles. The molecule has 3 rings (SSSR count). The van der Waals surface area contributed by atoms with E-state index in [1.807, 2.05) is 0 Å². The number of hydrogen-bond donors (Lipinski definition) is 2. The average molecular weight is 433 g/mol. The number of nitrogen functional groups attached to an aromatic ring is 1. The molecule has 2 heterocycles. The number of carbonyl (C=O) groups excluding carboxylic acids is 2. The summed E-state index contributed by atoms with van der Waals surface area (Å²) in [6.07, 6.45) is 0.634. The molecule has 1 aromatic heterocycles. The lowest BCUT2D eigenvalue weighted by Gasteiger charge is -2.24. The maximum atomic E-state index is 12.5. The first kappa shape index (κ1) is 21.7. The number of aromatic nitrogens is 1. The Kier molecular flexibility index (Phi) is 6.36. The van der Waals surface area contributed by atoms with Crippen molar-refractivity contribution >= 4 is 26.4 Å². The third-order valence-corrected chi connectivity index (χ3v) is 7.69. The van der Waals surface area contributed by atoms with Crippen LogP contribution in [0.4, 0.5) is 5.82 Å². The van der Waals surface area contributed by atoms with E-state index >= 15 is 0 Å². The highest BCUT2D eigenvalue weighted by molar-refractivity contribution is 6.60. The van der Waals surface area contributed by atoms with Crippen LogP contribution in [0, 0.1) is 0 Å². The van der Waals surface area contributed by atoms with Gasteiger partial charge in [0, 0.05) is 39.5 Å². The van der Waals surface area contributed by atoms with Crippen molar-refractivity contribution in [3.63, 3.8) is 0 Å². The van der Waals surface area contributed by atoms with Gasteiger partial charge in [0.05, 0.1) is 23.4 Å². The van der Waals surface area contributed by atoms with E-state index in [4.69, 9.17) is 23.7 Å². The van der Waals surface area contributed by atoms with Gasteiger partial charge in [-0.25, -0.2) is 0 Å². The molecule has 0 aliphatic carbocycles. The van der Waals surface area contributed by atoms with E-state index in [2.05, 4.69) is 5.32 Å². The summed E-state index contributed by atoms with van der Waals surface area (Å²) < 4.78 is 23.1. The molecule has 2 amide bonds. The number of anilines is 1. The summed E-state index contributed by atoms with van der Waals surface area (Å²) in [7, 11) is 1.99. The lowest BCUT2D eigenvalue weighted by molar-refractivity contribution is 0.0879. The van der Waals surface area contributed by atoms with Crippen LogP contribution in [0.25, 0.3) is 5.69 Å². The second-order valence-electron chi connectivity index (χ2n) is 6.52. The van der Waals surface area contributed by atoms with E-state index in [1.165, 1.54) is 4.57 Å². The van der Waals surface area contributed by atoms with Crippen LogP contribution in [0.15, 0.2) is 35.1 Å². The van der Waals surface area contributed by atoms with Gasteiger partial charge in [0.1, 0.15) is 11.6 Å². The van der Waals surface area contributed by atoms with Gasteiger partial charge in [0.25, 0.3) is 17.4 Å². The van der Waals surface area contributed by atoms with Crippen LogP contribution >= 0.6 is 0 Å². The quantitative estimate of drug-likeness (QED) is 0.339. The van der Waals surface area contributed by atoms with Crippen molar-refractivity contribution in [2.75, 3.05) is 33.7 Å². The van der Waals surface area contributed by atoms with Crippen molar-refractivity contribution < 1.29 is 27.6 Å². The number of benzene rings is 1. The number of pyridine rings is 1. The van der Waals surface area contributed by atoms with Crippen molar-refractivity contribution in [2.45, 2.75) is 12.5 Å². The predicted molar refractivity (Wildman–Crippen MR) is 110 cm³/mol. The molecule has 1 aliphatic heterocycles. The van der Waals surface area contributed by atoms with Crippen LogP contribution in [0.2, 0.25) is 6.04 Å². The molecule has 160 valence electrons. The minimum Gasteiger partial charge on any atom is -0.494 e. The number of nitrogens with two attached hydrogens (primary N) is 1. The molecule has 0 radical (unpaired) electrons. The van der Waals surface area contributed by atoms with Crippen LogP contribution < -0.4 is 21.3 Å². The van der Waals surface area contributed by atoms with E-state index in [0.717, 1.165) is 6.07 Å². The molecular weight excluding hydrogens is 410 g/mol. The minimum absolute atomic E-state index is 0.00841. The fourth-order valence-corrected chi connectivity index (χ4v) is 4.98. The average Bonchev–Trinajstić information content (AvgIpc) is 3.02. The third-order valence-electron chi connectivity index (χ3n) is 4.86. The van der Waals surface area contributed by atoms with Gasteiger partial charge in [-0.05, 0) is 18.6 Å². The van der Waals surface area contributed by atoms with Crippen LogP contribution in [0.5, 0.6) is 5.75 Å². The Morgan fingerprint density at radius 2 is 1.73 bits per heavy atom. The second kappa shape index (κ2) is 8.79. The molecule has 0 spiro atoms. The Hall–Kier alpha value is -2.99. The number of carbonyl (C=O) groups is 2. The Balaban J connectivity index is 1.79. The lowest BCUT2D eigenvalue weighted by atomic mass is 10.1. The summed E-state index contributed by atoms with van der Waals surface area (Å²) in [4.78, 5) is 36.3. The number of nitrogens with zero attached hydrogens (tertiary/aromatic N) is 1. The smallest absolute Gasteiger partial charge is 0.494 e. The van der Waals surface area contributed by atoms with Gasteiger partial charge in [-0.2, -0.15) is 0 Å². The number of imide groups is 1. The van der Waals surface area contributed by atoms with Crippen molar-refractivity contribution in [3.8, 4) is 11.4 Å². The van der Waals surface area contributed by atoms with E-state index < -0.39 is 26.2 Å². The summed E-state index contributed by atoms with van der Waals surface area (Å²) in [5, 5.41) is 2.14. The highest BCUT2D eigenvalue weighted by Crippen LogP contribution is 2.25. The van der Waals surface area contributed by atoms with Crippen LogP contribution in [0.3, 0.4) is 0 Å². The Morgan fingerprint density at radius 1 is 1.03 bits per heavy atom. The van der Waals surface area contributed by atoms with E-state index in [1.54, 1.807) is 45.6 Å². The SMILES string of the molecule is CO[Si](CCCOc1cccc(-n2c(N)c3c(cc2=O)C(=O)NC3=O)c1)(OC)OC. The Labute approximate surface area is 173 Å². The molecule has 0 bridgehead atoms. The molecule has 1 aromatic carbocycles. The van der Waals surface area contributed by atoms with Crippen molar-refractivity contribution in [3.05, 3.63) is 51.8 Å². The zero-order chi connectivity index (χ0) is 21.9. The molecule has 2 aromatic rings. The van der Waals surface area contributed by atoms with Gasteiger partial charge in [0.15, 0.2) is 0 Å². The monoisotopic (exact) mass is 433 g/mol. The molecule has 10 nitrogen and oxygen atoms in total. The van der Waals surface area contributed by atoms with Gasteiger partial charge in [0.2, 0.25) is 0 Å². The molecule has 0 fully saturated rings. The normalized spacial score (nSPS) is 13.3. The van der Waals surface area contributed by atoms with Crippen molar-refractivity contribution in [1.82, 2.24) is 9.88 Å². The van der Waals surface area contributed by atoms with Crippen molar-refractivity contribution in [2.24, 2.45) is 0 Å². The van der Waals surface area contributed by atoms with E-state index in [9.17, 15) is 14.4 Å². The van der Waals surface area contributed by atoms with Gasteiger partial charge in [-0.1, -0.05) is 6.07 Å². The molecule has 1 aliphatic rings. The number of amides is 2. The van der Waals surface area contributed by atoms with Crippen LogP contribution in [-0.4, -0.2) is 53.1 Å². The predicted octanol–water partition coefficient (Wildman–Crippen LogP) is 0.950. The summed E-state index contributed by atoms with van der Waals surface area (Å²) in [5.41, 5.74) is 5.92. The highest BCUT2D eigenvalue weighted by Gasteiger charge is 2.37. The number of rotatable bonds is 9. The molecule has 3 N–H and O–H groups in total. The summed E-state index contributed by atoms with van der Waals surface area (Å²) in [6.45, 7) is 0.375. The zero-order valence-electron chi connectivity index (χ0n) is 16.9. The fourth-order valence-electron chi connectivity index (χ4n) is 3.29. The molecule has 30 heavy (non-hydrogen) atoms. The molecule has 0 unspecified atom stereocenters. The first-order chi connectivity index (χ1) is 14.4. The Morgan fingerprint density at radius 3 is 2.40 bits per heavy atom. The van der Waals surface area contributed by atoms with Gasteiger partial charge in [-0.3, -0.25) is 24.3 Å². The topological polar surface area (TPSA) is 131 Å². The van der Waals surface area contributed by atoms with Gasteiger partial charge >= 0.3 is 8.80 Å². The first-order valence-corrected chi connectivity index (χ1v) is 11.1. The summed E-state index contributed by atoms with van der Waals surface area (Å²) >= 11 is 0. The zero-order valence-corrected chi connectivity index (χ0v) is 17.9. The number of ether oxygens (including phenoxy) is 1. The fraction of sp³-hybridized carbons (Fsp3) is 0.316. The summed E-state index contributed by atoms with van der Waals surface area (Å²) in [5.74, 6) is -0.852. The third kappa shape index (κ3) is 4.00. The van der Waals surface area contributed by atoms with E-state index in [0.29, 0.717) is 30.5 Å². The summed E-state index contributed by atoms with van der Waals surface area (Å²) in [6, 6.07) is 8.41. The highest BCUT2D eigenvalue weighted by atomic mass is 28.4. The Bertz CT molecular complexity index is 1030. The van der Waals surface area contributed by atoms with Crippen LogP contribution in [-0.2, 0) is 13.3 Å². The van der Waals surface area contributed by atoms with Gasteiger partial charge < -0.3 is 23.7 Å². The van der Waals surface area contributed by atoms with Gasteiger partial charge in [-0.15, -0.1) is 0 Å².